The van der Waals surface area contributed by atoms with E-state index < -0.39 is 16.9 Å². The maximum Gasteiger partial charge on any atom is 0.330 e. The molecule has 2 aliphatic rings. The largest absolute Gasteiger partial charge is 0.454 e. The fourth-order valence-electron chi connectivity index (χ4n) is 3.60. The van der Waals surface area contributed by atoms with Crippen LogP contribution in [-0.4, -0.2) is 47.6 Å². The molecule has 146 valence electrons. The molecule has 0 aliphatic carbocycles. The smallest absolute Gasteiger partial charge is 0.330 e. The van der Waals surface area contributed by atoms with E-state index in [1.807, 2.05) is 30.3 Å². The van der Waals surface area contributed by atoms with Gasteiger partial charge in [0.15, 0.2) is 6.61 Å². The molecule has 0 saturated carbocycles. The quantitative estimate of drug-likeness (QED) is 0.723. The van der Waals surface area contributed by atoms with E-state index in [0.29, 0.717) is 31.1 Å². The molecule has 0 bridgehead atoms. The first kappa shape index (κ1) is 19.7. The second-order valence-corrected chi connectivity index (χ2v) is 8.68. The van der Waals surface area contributed by atoms with Gasteiger partial charge in [0.25, 0.3) is 5.91 Å². The summed E-state index contributed by atoms with van der Waals surface area (Å²) in [6.07, 6.45) is 1.97. The van der Waals surface area contributed by atoms with Gasteiger partial charge in [-0.3, -0.25) is 9.59 Å². The van der Waals surface area contributed by atoms with E-state index in [9.17, 15) is 14.4 Å². The van der Waals surface area contributed by atoms with Crippen molar-refractivity contribution in [1.82, 2.24) is 10.2 Å². The van der Waals surface area contributed by atoms with Crippen molar-refractivity contribution in [1.29, 1.82) is 0 Å². The van der Waals surface area contributed by atoms with Gasteiger partial charge in [-0.25, -0.2) is 4.79 Å². The van der Waals surface area contributed by atoms with Crippen LogP contribution in [0, 0.1) is 5.92 Å². The summed E-state index contributed by atoms with van der Waals surface area (Å²) in [5.41, 5.74) is 1.03. The number of ether oxygens (including phenoxy) is 1. The van der Waals surface area contributed by atoms with Crippen LogP contribution in [0.4, 0.5) is 0 Å². The summed E-state index contributed by atoms with van der Waals surface area (Å²) >= 11 is 1.61. The molecule has 2 heterocycles. The lowest BCUT2D eigenvalue weighted by atomic mass is 10.0. The summed E-state index contributed by atoms with van der Waals surface area (Å²) in [6, 6.07) is 9.17. The number of thioether (sulfide) groups is 1. The third kappa shape index (κ3) is 4.13. The Bertz CT molecular complexity index is 709. The fourth-order valence-corrected chi connectivity index (χ4v) is 5.24. The molecule has 27 heavy (non-hydrogen) atoms. The average Bonchev–Trinajstić information content (AvgIpc) is 3.20. The number of esters is 1. The zero-order chi connectivity index (χ0) is 19.4. The van der Waals surface area contributed by atoms with Crippen LogP contribution < -0.4 is 5.32 Å². The standard InChI is InChI=1S/C20H26N2O4S/c1-14(2)9-11-21-17(23)12-26-19(25)16-13-27-20(10-8-18(24)22(16)20)15-6-4-3-5-7-15/h3-7,14,16H,8-13H2,1-2H3,(H,21,23)/t16-,20-/m1/s1. The Morgan fingerprint density at radius 1 is 1.33 bits per heavy atom. The molecule has 2 atom stereocenters. The van der Waals surface area contributed by atoms with Crippen molar-refractivity contribution in [2.45, 2.75) is 44.0 Å². The van der Waals surface area contributed by atoms with Crippen molar-refractivity contribution in [2.24, 2.45) is 5.92 Å². The number of fused-ring (bicyclic) bond motifs is 1. The molecule has 2 saturated heterocycles. The fraction of sp³-hybridized carbons (Fsp3) is 0.550. The van der Waals surface area contributed by atoms with Crippen molar-refractivity contribution < 1.29 is 19.1 Å². The van der Waals surface area contributed by atoms with Gasteiger partial charge in [-0.15, -0.1) is 11.8 Å². The van der Waals surface area contributed by atoms with Crippen LogP contribution in [0.2, 0.25) is 0 Å². The van der Waals surface area contributed by atoms with E-state index in [1.165, 1.54) is 0 Å². The molecular weight excluding hydrogens is 364 g/mol. The number of hydrogen-bond donors (Lipinski definition) is 1. The van der Waals surface area contributed by atoms with E-state index in [0.717, 1.165) is 12.0 Å². The van der Waals surface area contributed by atoms with E-state index in [2.05, 4.69) is 19.2 Å². The predicted molar refractivity (Wildman–Crippen MR) is 104 cm³/mol. The highest BCUT2D eigenvalue weighted by Crippen LogP contribution is 2.54. The molecule has 2 amide bonds. The van der Waals surface area contributed by atoms with Crippen LogP contribution in [0.15, 0.2) is 30.3 Å². The second kappa shape index (κ2) is 8.33. The number of carbonyl (C=O) groups is 3. The van der Waals surface area contributed by atoms with Gasteiger partial charge in [0.1, 0.15) is 10.9 Å². The molecule has 0 spiro atoms. The van der Waals surface area contributed by atoms with Crippen LogP contribution in [0.5, 0.6) is 0 Å². The van der Waals surface area contributed by atoms with Crippen molar-refractivity contribution in [2.75, 3.05) is 18.9 Å². The first-order valence-corrected chi connectivity index (χ1v) is 10.4. The van der Waals surface area contributed by atoms with E-state index in [1.54, 1.807) is 16.7 Å². The van der Waals surface area contributed by atoms with Gasteiger partial charge in [-0.05, 0) is 24.3 Å². The number of benzene rings is 1. The normalized spacial score (nSPS) is 24.2. The average molecular weight is 391 g/mol. The molecule has 6 nitrogen and oxygen atoms in total. The maximum atomic E-state index is 12.6. The number of nitrogens with one attached hydrogen (secondary N) is 1. The van der Waals surface area contributed by atoms with Gasteiger partial charge in [0, 0.05) is 18.7 Å². The van der Waals surface area contributed by atoms with E-state index in [-0.39, 0.29) is 18.4 Å². The van der Waals surface area contributed by atoms with Gasteiger partial charge in [0.05, 0.1) is 0 Å². The molecular formula is C20H26N2O4S. The lowest BCUT2D eigenvalue weighted by molar-refractivity contribution is -0.156. The number of nitrogens with zero attached hydrogens (tertiary/aromatic N) is 1. The van der Waals surface area contributed by atoms with Crippen LogP contribution in [0.3, 0.4) is 0 Å². The van der Waals surface area contributed by atoms with E-state index >= 15 is 0 Å². The van der Waals surface area contributed by atoms with Crippen molar-refractivity contribution in [3.8, 4) is 0 Å². The predicted octanol–water partition coefficient (Wildman–Crippen LogP) is 2.28. The Balaban J connectivity index is 1.61. The van der Waals surface area contributed by atoms with Crippen LogP contribution in [-0.2, 0) is 24.0 Å². The molecule has 7 heteroatoms. The van der Waals surface area contributed by atoms with Crippen LogP contribution in [0.1, 0.15) is 38.7 Å². The Labute approximate surface area is 164 Å². The van der Waals surface area contributed by atoms with E-state index in [4.69, 9.17) is 4.74 Å². The zero-order valence-corrected chi connectivity index (χ0v) is 16.6. The molecule has 3 rings (SSSR count). The highest BCUT2D eigenvalue weighted by molar-refractivity contribution is 8.00. The minimum Gasteiger partial charge on any atom is -0.454 e. The van der Waals surface area contributed by atoms with Crippen LogP contribution in [0.25, 0.3) is 0 Å². The minimum atomic E-state index is -0.645. The molecule has 0 radical (unpaired) electrons. The lowest BCUT2D eigenvalue weighted by Gasteiger charge is -2.33. The summed E-state index contributed by atoms with van der Waals surface area (Å²) in [7, 11) is 0. The number of hydrogen-bond acceptors (Lipinski definition) is 5. The SMILES string of the molecule is CC(C)CCNC(=O)COC(=O)[C@H]1CS[C@@]2(c3ccccc3)CCC(=O)N12. The Hall–Kier alpha value is -2.02. The topological polar surface area (TPSA) is 75.7 Å². The highest BCUT2D eigenvalue weighted by Gasteiger charge is 2.57. The van der Waals surface area contributed by atoms with Gasteiger partial charge in [-0.2, -0.15) is 0 Å². The summed E-state index contributed by atoms with van der Waals surface area (Å²) in [4.78, 5) is 38.1. The third-order valence-electron chi connectivity index (χ3n) is 5.01. The molecule has 1 N–H and O–H groups in total. The minimum absolute atomic E-state index is 0.0350. The Morgan fingerprint density at radius 2 is 2.07 bits per heavy atom. The summed E-state index contributed by atoms with van der Waals surface area (Å²) in [6.45, 7) is 4.42. The van der Waals surface area contributed by atoms with Crippen molar-refractivity contribution >= 4 is 29.5 Å². The molecule has 2 aliphatic heterocycles. The zero-order valence-electron chi connectivity index (χ0n) is 15.8. The molecule has 1 aromatic rings. The summed E-state index contributed by atoms with van der Waals surface area (Å²) in [5, 5.41) is 2.75. The van der Waals surface area contributed by atoms with Gasteiger partial charge >= 0.3 is 5.97 Å². The molecule has 1 aromatic carbocycles. The summed E-state index contributed by atoms with van der Waals surface area (Å²) < 4.78 is 5.22. The lowest BCUT2D eigenvalue weighted by Crippen LogP contribution is -2.47. The first-order chi connectivity index (χ1) is 12.9. The molecule has 0 unspecified atom stereocenters. The number of amides is 2. The first-order valence-electron chi connectivity index (χ1n) is 9.39. The van der Waals surface area contributed by atoms with Gasteiger partial charge in [-0.1, -0.05) is 44.2 Å². The Morgan fingerprint density at radius 3 is 2.78 bits per heavy atom. The monoisotopic (exact) mass is 390 g/mol. The molecule has 2 fully saturated rings. The second-order valence-electron chi connectivity index (χ2n) is 7.38. The summed E-state index contributed by atoms with van der Waals surface area (Å²) in [5.74, 6) is 0.128. The number of carbonyl (C=O) groups excluding carboxylic acids is 3. The Kier molecular flexibility index (Phi) is 6.09. The molecule has 0 aromatic heterocycles. The maximum absolute atomic E-state index is 12.6. The van der Waals surface area contributed by atoms with Crippen LogP contribution >= 0.6 is 11.8 Å². The third-order valence-corrected chi connectivity index (χ3v) is 6.61. The van der Waals surface area contributed by atoms with Gasteiger partial charge in [0.2, 0.25) is 5.91 Å². The highest BCUT2D eigenvalue weighted by atomic mass is 32.2. The van der Waals surface area contributed by atoms with Crippen molar-refractivity contribution in [3.63, 3.8) is 0 Å². The number of rotatable bonds is 7. The van der Waals surface area contributed by atoms with Gasteiger partial charge < -0.3 is 15.0 Å². The van der Waals surface area contributed by atoms with Crippen molar-refractivity contribution in [3.05, 3.63) is 35.9 Å².